The number of benzene rings is 3. The van der Waals surface area contributed by atoms with Gasteiger partial charge in [-0.2, -0.15) is 0 Å². The predicted molar refractivity (Wildman–Crippen MR) is 131 cm³/mol. The Morgan fingerprint density at radius 2 is 1.65 bits per heavy atom. The van der Waals surface area contributed by atoms with Crippen LogP contribution in [-0.4, -0.2) is 31.4 Å². The molecule has 0 fully saturated rings. The van der Waals surface area contributed by atoms with Gasteiger partial charge in [-0.25, -0.2) is 0 Å². The molecule has 4 rings (SSSR count). The van der Waals surface area contributed by atoms with E-state index < -0.39 is 6.17 Å². The van der Waals surface area contributed by atoms with Crippen molar-refractivity contribution in [2.45, 2.75) is 19.0 Å². The maximum atomic E-state index is 13.1. The molecule has 1 amide bonds. The average molecular weight is 454 g/mol. The fraction of sp³-hybridized carbons (Fsp3) is 0.200. The lowest BCUT2D eigenvalue weighted by Crippen LogP contribution is -2.44. The zero-order chi connectivity index (χ0) is 20.9. The van der Waals surface area contributed by atoms with E-state index in [2.05, 4.69) is 5.32 Å². The second-order valence-electron chi connectivity index (χ2n) is 7.34. The Labute approximate surface area is 194 Å². The number of likely N-dealkylation sites (N-methyl/N-ethyl adjacent to an activating group) is 1. The van der Waals surface area contributed by atoms with Crippen molar-refractivity contribution in [1.82, 2.24) is 5.32 Å². The van der Waals surface area contributed by atoms with Gasteiger partial charge in [-0.1, -0.05) is 72.3 Å². The highest BCUT2D eigenvalue weighted by atomic mass is 35.5. The van der Waals surface area contributed by atoms with Crippen molar-refractivity contribution >= 4 is 41.3 Å². The molecule has 1 aliphatic heterocycles. The molecule has 1 N–H and O–H groups in total. The van der Waals surface area contributed by atoms with Crippen molar-refractivity contribution in [3.05, 3.63) is 101 Å². The molecule has 0 saturated carbocycles. The van der Waals surface area contributed by atoms with Crippen LogP contribution >= 0.6 is 24.0 Å². The fourth-order valence-corrected chi connectivity index (χ4v) is 3.79. The third-order valence-corrected chi connectivity index (χ3v) is 5.54. The Morgan fingerprint density at radius 1 is 0.968 bits per heavy atom. The van der Waals surface area contributed by atoms with Gasteiger partial charge < -0.3 is 4.90 Å². The van der Waals surface area contributed by atoms with E-state index in [4.69, 9.17) is 16.6 Å². The zero-order valence-corrected chi connectivity index (χ0v) is 18.9. The quantitative estimate of drug-likeness (QED) is 0.526. The fourth-order valence-electron chi connectivity index (χ4n) is 3.66. The summed E-state index contributed by atoms with van der Waals surface area (Å²) >= 11 is 5.95. The number of amides is 1. The van der Waals surface area contributed by atoms with Gasteiger partial charge in [0.25, 0.3) is 5.91 Å². The van der Waals surface area contributed by atoms with Gasteiger partial charge >= 0.3 is 0 Å². The molecule has 0 aromatic heterocycles. The van der Waals surface area contributed by atoms with E-state index in [0.29, 0.717) is 6.54 Å². The zero-order valence-electron chi connectivity index (χ0n) is 17.3. The smallest absolute Gasteiger partial charge is 0.266 e. The van der Waals surface area contributed by atoms with E-state index in [9.17, 15) is 4.79 Å². The molecule has 160 valence electrons. The normalized spacial score (nSPS) is 15.5. The summed E-state index contributed by atoms with van der Waals surface area (Å²) in [4.78, 5) is 19.7. The van der Waals surface area contributed by atoms with Crippen LogP contribution in [0.1, 0.15) is 23.1 Å². The van der Waals surface area contributed by atoms with Gasteiger partial charge in [-0.15, -0.1) is 12.4 Å². The first kappa shape index (κ1) is 23.0. The Balaban J connectivity index is 0.00000272. The molecule has 1 unspecified atom stereocenters. The lowest BCUT2D eigenvalue weighted by molar-refractivity contribution is -0.120. The summed E-state index contributed by atoms with van der Waals surface area (Å²) in [6.45, 7) is 0.689. The molecule has 0 radical (unpaired) electrons. The second-order valence-corrected chi connectivity index (χ2v) is 7.78. The summed E-state index contributed by atoms with van der Waals surface area (Å²) < 4.78 is 0. The minimum absolute atomic E-state index is 0. The number of nitrogens with one attached hydrogen (secondary N) is 1. The van der Waals surface area contributed by atoms with E-state index in [0.717, 1.165) is 40.4 Å². The summed E-state index contributed by atoms with van der Waals surface area (Å²) in [6.07, 6.45) is 1.19. The molecule has 0 bridgehead atoms. The Kier molecular flexibility index (Phi) is 7.85. The summed E-state index contributed by atoms with van der Waals surface area (Å²) in [6, 6.07) is 25.8. The molecular weight excluding hydrogens is 429 g/mol. The molecule has 3 aromatic rings. The lowest BCUT2D eigenvalue weighted by atomic mass is 10.0. The van der Waals surface area contributed by atoms with Gasteiger partial charge in [0.15, 0.2) is 6.17 Å². The molecule has 1 heterocycles. The Hall–Kier alpha value is -2.66. The largest absolute Gasteiger partial charge is 0.312 e. The van der Waals surface area contributed by atoms with Gasteiger partial charge in [0.1, 0.15) is 0 Å². The van der Waals surface area contributed by atoms with Crippen molar-refractivity contribution in [3.8, 4) is 0 Å². The summed E-state index contributed by atoms with van der Waals surface area (Å²) in [5.41, 5.74) is 4.90. The van der Waals surface area contributed by atoms with E-state index in [1.807, 2.05) is 85.9 Å². The number of carbonyl (C=O) groups excluding carboxylic acids is 1. The van der Waals surface area contributed by atoms with Crippen molar-refractivity contribution in [2.75, 3.05) is 18.5 Å². The minimum Gasteiger partial charge on any atom is -0.312 e. The van der Waals surface area contributed by atoms with Crippen LogP contribution in [0.2, 0.25) is 5.02 Å². The SMILES string of the molecule is CN1C(=O)C(NCCCc2ccc(Cl)cc2)N=C(c2ccccc2)c2ccccc21.Cl. The predicted octanol–water partition coefficient (Wildman–Crippen LogP) is 5.12. The number of halogens is 2. The third-order valence-electron chi connectivity index (χ3n) is 5.28. The van der Waals surface area contributed by atoms with Crippen LogP contribution in [0.25, 0.3) is 0 Å². The van der Waals surface area contributed by atoms with Gasteiger partial charge in [-0.3, -0.25) is 15.1 Å². The highest BCUT2D eigenvalue weighted by Gasteiger charge is 2.29. The number of aryl methyl sites for hydroxylation is 1. The van der Waals surface area contributed by atoms with Crippen LogP contribution in [0.3, 0.4) is 0 Å². The monoisotopic (exact) mass is 453 g/mol. The Bertz CT molecular complexity index is 1050. The van der Waals surface area contributed by atoms with Crippen molar-refractivity contribution < 1.29 is 4.79 Å². The number of nitrogens with zero attached hydrogens (tertiary/aromatic N) is 2. The number of fused-ring (bicyclic) bond motifs is 1. The highest BCUT2D eigenvalue weighted by molar-refractivity contribution is 6.30. The molecule has 1 aliphatic rings. The van der Waals surface area contributed by atoms with Crippen molar-refractivity contribution in [1.29, 1.82) is 0 Å². The number of anilines is 1. The molecule has 6 heteroatoms. The van der Waals surface area contributed by atoms with E-state index in [-0.39, 0.29) is 18.3 Å². The topological polar surface area (TPSA) is 44.7 Å². The van der Waals surface area contributed by atoms with Gasteiger partial charge in [0.05, 0.1) is 11.4 Å². The molecule has 31 heavy (non-hydrogen) atoms. The number of benzodiazepines with no additional fused rings is 1. The standard InChI is InChI=1S/C25H24ClN3O.ClH/c1-29-22-12-6-5-11-21(22)23(19-9-3-2-4-10-19)28-24(25(29)30)27-17-7-8-18-13-15-20(26)16-14-18;/h2-6,9-16,24,27H,7-8,17H2,1H3;1H. The molecule has 4 nitrogen and oxygen atoms in total. The number of rotatable bonds is 6. The van der Waals surface area contributed by atoms with E-state index >= 15 is 0 Å². The molecule has 1 atom stereocenters. The summed E-state index contributed by atoms with van der Waals surface area (Å²) in [5.74, 6) is -0.0557. The average Bonchev–Trinajstić information content (AvgIpc) is 2.89. The maximum Gasteiger partial charge on any atom is 0.266 e. The summed E-state index contributed by atoms with van der Waals surface area (Å²) in [7, 11) is 1.81. The lowest BCUT2D eigenvalue weighted by Gasteiger charge is -2.21. The molecular formula is C25H25Cl2N3O. The highest BCUT2D eigenvalue weighted by Crippen LogP contribution is 2.27. The number of hydrogen-bond acceptors (Lipinski definition) is 3. The maximum absolute atomic E-state index is 13.1. The first-order chi connectivity index (χ1) is 14.6. The minimum atomic E-state index is -0.622. The van der Waals surface area contributed by atoms with Crippen LogP contribution in [0.5, 0.6) is 0 Å². The van der Waals surface area contributed by atoms with Crippen LogP contribution in [-0.2, 0) is 11.2 Å². The van der Waals surface area contributed by atoms with Crippen LogP contribution in [0.15, 0.2) is 83.9 Å². The van der Waals surface area contributed by atoms with Crippen LogP contribution in [0, 0.1) is 0 Å². The van der Waals surface area contributed by atoms with E-state index in [1.54, 1.807) is 4.90 Å². The van der Waals surface area contributed by atoms with Crippen LogP contribution in [0.4, 0.5) is 5.69 Å². The van der Waals surface area contributed by atoms with Gasteiger partial charge in [0, 0.05) is 23.2 Å². The molecule has 0 spiro atoms. The van der Waals surface area contributed by atoms with Gasteiger partial charge in [0.2, 0.25) is 0 Å². The molecule has 0 saturated heterocycles. The van der Waals surface area contributed by atoms with E-state index in [1.165, 1.54) is 5.56 Å². The first-order valence-electron chi connectivity index (χ1n) is 10.1. The third kappa shape index (κ3) is 5.34. The first-order valence-corrected chi connectivity index (χ1v) is 10.5. The Morgan fingerprint density at radius 3 is 2.39 bits per heavy atom. The van der Waals surface area contributed by atoms with Crippen LogP contribution < -0.4 is 10.2 Å². The summed E-state index contributed by atoms with van der Waals surface area (Å²) in [5, 5.41) is 4.10. The van der Waals surface area contributed by atoms with Crippen molar-refractivity contribution in [2.24, 2.45) is 4.99 Å². The van der Waals surface area contributed by atoms with Gasteiger partial charge in [-0.05, 0) is 43.1 Å². The number of para-hydroxylation sites is 1. The second kappa shape index (κ2) is 10.6. The number of hydrogen-bond donors (Lipinski definition) is 1. The van der Waals surface area contributed by atoms with Crippen molar-refractivity contribution in [3.63, 3.8) is 0 Å². The molecule has 0 aliphatic carbocycles. The molecule has 3 aromatic carbocycles. The number of carbonyl (C=O) groups is 1. The number of aliphatic imine (C=N–C) groups is 1.